The lowest BCUT2D eigenvalue weighted by Gasteiger charge is -2.51. The number of hydrogen-bond donors (Lipinski definition) is 0. The van der Waals surface area contributed by atoms with E-state index in [1.807, 2.05) is 18.2 Å². The van der Waals surface area contributed by atoms with Crippen molar-refractivity contribution in [1.29, 1.82) is 0 Å². The third-order valence-corrected chi connectivity index (χ3v) is 8.65. The van der Waals surface area contributed by atoms with Gasteiger partial charge in [-0.2, -0.15) is 4.98 Å². The number of nitrogens with zero attached hydrogens (tertiary/aromatic N) is 3. The number of piperidine rings is 3. The average molecular weight is 496 g/mol. The zero-order valence-corrected chi connectivity index (χ0v) is 21.0. The van der Waals surface area contributed by atoms with Gasteiger partial charge < -0.3 is 26.0 Å². The molecule has 4 aliphatic rings. The topological polar surface area (TPSA) is 65.2 Å². The smallest absolute Gasteiger partial charge is 0.317 e. The van der Waals surface area contributed by atoms with Gasteiger partial charge in [-0.25, -0.2) is 4.98 Å². The lowest BCUT2D eigenvalue weighted by atomic mass is 9.74. The number of benzene rings is 1. The van der Waals surface area contributed by atoms with Crippen LogP contribution in [0.1, 0.15) is 62.8 Å². The Balaban J connectivity index is 0.00000253. The van der Waals surface area contributed by atoms with Crippen LogP contribution in [0.4, 0.5) is 0 Å². The van der Waals surface area contributed by atoms with Crippen molar-refractivity contribution >= 4 is 17.2 Å². The maximum absolute atomic E-state index is 13.9. The minimum Gasteiger partial charge on any atom is -1.00 e. The summed E-state index contributed by atoms with van der Waals surface area (Å²) < 4.78 is 13.4. The van der Waals surface area contributed by atoms with Crippen LogP contribution in [0, 0.1) is 5.92 Å². The monoisotopic (exact) mass is 495 g/mol. The number of esters is 1. The molecule has 0 radical (unpaired) electrons. The number of oxazole rings is 1. The summed E-state index contributed by atoms with van der Waals surface area (Å²) in [5.74, 6) is 1.21. The van der Waals surface area contributed by atoms with Crippen molar-refractivity contribution in [1.82, 2.24) is 9.97 Å². The molecule has 3 aromatic rings. The SMILES string of the molecule is O=C(O[C@H]1C[N+]2(Cc3nc4ncccc4o3)CCC1CC2)C1(c2ccccc2)CCCCCC1.[Cl-]. The molecule has 0 unspecified atom stereocenters. The third-order valence-electron chi connectivity index (χ3n) is 8.65. The summed E-state index contributed by atoms with van der Waals surface area (Å²) >= 11 is 0. The summed E-state index contributed by atoms with van der Waals surface area (Å²) in [5.41, 5.74) is 2.04. The van der Waals surface area contributed by atoms with Crippen molar-refractivity contribution in [3.63, 3.8) is 0 Å². The number of fused-ring (bicyclic) bond motifs is 4. The fourth-order valence-corrected chi connectivity index (χ4v) is 6.70. The lowest BCUT2D eigenvalue weighted by Crippen LogP contribution is -3.00. The van der Waals surface area contributed by atoms with Crippen molar-refractivity contribution in [2.45, 2.75) is 69.4 Å². The standard InChI is InChI=1S/C28H34N3O3.ClH/c32-27(28(14-6-1-2-7-15-28)22-9-4-3-5-10-22)34-24-19-31(17-12-21(24)13-18-31)20-25-30-26-23(33-25)11-8-16-29-26;/h3-5,8-11,16,21,24H,1-2,6-7,12-15,17-20H2;1H/q+1;/p-1/t21?,24-,31?;/m0./s1. The van der Waals surface area contributed by atoms with Crippen LogP contribution >= 0.6 is 0 Å². The molecule has 0 spiro atoms. The number of carbonyl (C=O) groups excluding carboxylic acids is 1. The van der Waals surface area contributed by atoms with Gasteiger partial charge in [0.15, 0.2) is 23.9 Å². The Morgan fingerprint density at radius 2 is 1.77 bits per heavy atom. The van der Waals surface area contributed by atoms with Crippen molar-refractivity contribution in [2.75, 3.05) is 19.6 Å². The van der Waals surface area contributed by atoms with Crippen molar-refractivity contribution in [3.05, 3.63) is 60.1 Å². The quantitative estimate of drug-likeness (QED) is 0.308. The van der Waals surface area contributed by atoms with Gasteiger partial charge in [-0.1, -0.05) is 56.0 Å². The second-order valence-electron chi connectivity index (χ2n) is 10.7. The molecule has 7 rings (SSSR count). The van der Waals surface area contributed by atoms with Crippen molar-refractivity contribution < 1.29 is 30.8 Å². The van der Waals surface area contributed by atoms with Crippen LogP contribution in [-0.2, 0) is 21.5 Å². The van der Waals surface area contributed by atoms with Crippen LogP contribution in [0.2, 0.25) is 0 Å². The molecule has 1 aromatic carbocycles. The lowest BCUT2D eigenvalue weighted by molar-refractivity contribution is -0.959. The van der Waals surface area contributed by atoms with E-state index >= 15 is 0 Å². The molecular weight excluding hydrogens is 462 g/mol. The summed E-state index contributed by atoms with van der Waals surface area (Å²) in [6.45, 7) is 3.78. The van der Waals surface area contributed by atoms with Gasteiger partial charge in [-0.15, -0.1) is 0 Å². The Kier molecular flexibility index (Phi) is 6.86. The van der Waals surface area contributed by atoms with Crippen molar-refractivity contribution in [3.8, 4) is 0 Å². The van der Waals surface area contributed by atoms with Gasteiger partial charge in [-0.3, -0.25) is 4.79 Å². The number of rotatable bonds is 5. The first-order valence-corrected chi connectivity index (χ1v) is 13.0. The molecule has 186 valence electrons. The Bertz CT molecular complexity index is 1120. The van der Waals surface area contributed by atoms with Crippen LogP contribution in [-0.4, -0.2) is 46.2 Å². The molecule has 4 fully saturated rings. The van der Waals surface area contributed by atoms with Crippen LogP contribution in [0.25, 0.3) is 11.2 Å². The normalized spacial score (nSPS) is 27.7. The molecule has 0 N–H and O–H groups in total. The molecule has 1 saturated carbocycles. The van der Waals surface area contributed by atoms with Gasteiger partial charge in [0.25, 0.3) is 5.89 Å². The van der Waals surface area contributed by atoms with Gasteiger partial charge in [0.05, 0.1) is 18.5 Å². The summed E-state index contributed by atoms with van der Waals surface area (Å²) in [5, 5.41) is 0. The average Bonchev–Trinajstić information content (AvgIpc) is 3.10. The Hall–Kier alpha value is -2.44. The van der Waals surface area contributed by atoms with E-state index in [4.69, 9.17) is 9.15 Å². The van der Waals surface area contributed by atoms with E-state index in [0.29, 0.717) is 11.6 Å². The van der Waals surface area contributed by atoms with Crippen LogP contribution in [0.5, 0.6) is 0 Å². The highest BCUT2D eigenvalue weighted by molar-refractivity contribution is 5.83. The van der Waals surface area contributed by atoms with Gasteiger partial charge in [-0.05, 0) is 30.5 Å². The van der Waals surface area contributed by atoms with Gasteiger partial charge in [0, 0.05) is 25.0 Å². The largest absolute Gasteiger partial charge is 1.00 e. The summed E-state index contributed by atoms with van der Waals surface area (Å²) in [6.07, 6.45) is 10.3. The number of aromatic nitrogens is 2. The fourth-order valence-electron chi connectivity index (χ4n) is 6.70. The molecule has 3 saturated heterocycles. The maximum atomic E-state index is 13.9. The minimum atomic E-state index is -0.499. The van der Waals surface area contributed by atoms with Crippen molar-refractivity contribution in [2.24, 2.45) is 5.92 Å². The highest BCUT2D eigenvalue weighted by Crippen LogP contribution is 2.42. The highest BCUT2D eigenvalue weighted by atomic mass is 35.5. The van der Waals surface area contributed by atoms with E-state index in [0.717, 1.165) is 86.2 Å². The molecule has 6 nitrogen and oxygen atoms in total. The number of carbonyl (C=O) groups is 1. The van der Waals surface area contributed by atoms with E-state index in [1.165, 1.54) is 12.8 Å². The van der Waals surface area contributed by atoms with E-state index in [9.17, 15) is 4.79 Å². The summed E-state index contributed by atoms with van der Waals surface area (Å²) in [7, 11) is 0. The number of ether oxygens (including phenoxy) is 1. The van der Waals surface area contributed by atoms with E-state index in [-0.39, 0.29) is 24.5 Å². The zero-order chi connectivity index (χ0) is 23.0. The molecule has 3 aliphatic heterocycles. The molecule has 1 atom stereocenters. The minimum absolute atomic E-state index is 0. The van der Waals surface area contributed by atoms with Gasteiger partial charge in [0.2, 0.25) is 0 Å². The first-order chi connectivity index (χ1) is 16.7. The predicted octanol–water partition coefficient (Wildman–Crippen LogP) is 2.17. The van der Waals surface area contributed by atoms with Crippen LogP contribution in [0.3, 0.4) is 0 Å². The second kappa shape index (κ2) is 9.90. The van der Waals surface area contributed by atoms with Gasteiger partial charge in [0.1, 0.15) is 6.54 Å². The summed E-state index contributed by atoms with van der Waals surface area (Å²) in [4.78, 5) is 22.9. The number of halogens is 1. The Morgan fingerprint density at radius 3 is 2.49 bits per heavy atom. The zero-order valence-electron chi connectivity index (χ0n) is 20.2. The molecule has 7 heteroatoms. The van der Waals surface area contributed by atoms with E-state index in [1.54, 1.807) is 6.20 Å². The van der Waals surface area contributed by atoms with Gasteiger partial charge >= 0.3 is 5.97 Å². The first-order valence-electron chi connectivity index (χ1n) is 13.0. The molecule has 5 heterocycles. The Morgan fingerprint density at radius 1 is 1.03 bits per heavy atom. The van der Waals surface area contributed by atoms with Crippen LogP contribution < -0.4 is 12.4 Å². The molecule has 35 heavy (non-hydrogen) atoms. The predicted molar refractivity (Wildman–Crippen MR) is 129 cm³/mol. The maximum Gasteiger partial charge on any atom is 0.317 e. The van der Waals surface area contributed by atoms with E-state index < -0.39 is 5.41 Å². The number of hydrogen-bond acceptors (Lipinski definition) is 5. The van der Waals surface area contributed by atoms with E-state index in [2.05, 4.69) is 34.2 Å². The molecule has 1 aliphatic carbocycles. The fraction of sp³-hybridized carbons (Fsp3) is 0.536. The first kappa shape index (κ1) is 24.3. The molecule has 0 amide bonds. The third kappa shape index (κ3) is 4.58. The molecular formula is C28H34ClN3O3. The van der Waals surface area contributed by atoms with Crippen LogP contribution in [0.15, 0.2) is 53.1 Å². The molecule has 2 aromatic heterocycles. The number of pyridine rings is 1. The second-order valence-corrected chi connectivity index (χ2v) is 10.7. The summed E-state index contributed by atoms with van der Waals surface area (Å²) in [6, 6.07) is 14.2. The highest BCUT2D eigenvalue weighted by Gasteiger charge is 2.50. The molecule has 2 bridgehead atoms. The Labute approximate surface area is 213 Å². The number of quaternary nitrogens is 1.